The highest BCUT2D eigenvalue weighted by molar-refractivity contribution is 5.92. The molecule has 1 aromatic heterocycles. The molecule has 1 amide bonds. The Bertz CT molecular complexity index is 540. The normalized spacial score (nSPS) is 13.0. The fourth-order valence-corrected chi connectivity index (χ4v) is 2.67. The number of anilines is 1. The maximum absolute atomic E-state index is 13.7. The van der Waals surface area contributed by atoms with Crippen LogP contribution in [0.3, 0.4) is 0 Å². The first-order chi connectivity index (χ1) is 11.2. The molecule has 0 saturated heterocycles. The number of rotatable bonds is 8. The summed E-state index contributed by atoms with van der Waals surface area (Å²) in [6.07, 6.45) is 6.29. The van der Waals surface area contributed by atoms with E-state index < -0.39 is 5.82 Å². The van der Waals surface area contributed by atoms with Crippen LogP contribution in [-0.2, 0) is 11.2 Å². The van der Waals surface area contributed by atoms with E-state index in [4.69, 9.17) is 0 Å². The Morgan fingerprint density at radius 3 is 2.50 bits per heavy atom. The zero-order chi connectivity index (χ0) is 18.3. The predicted molar refractivity (Wildman–Crippen MR) is 96.5 cm³/mol. The molecule has 1 rings (SSSR count). The van der Waals surface area contributed by atoms with Gasteiger partial charge in [-0.3, -0.25) is 9.69 Å². The van der Waals surface area contributed by atoms with Gasteiger partial charge in [-0.2, -0.15) is 0 Å². The molecule has 1 aromatic rings. The lowest BCUT2D eigenvalue weighted by Gasteiger charge is -2.30. The predicted octanol–water partition coefficient (Wildman–Crippen LogP) is 4.92. The summed E-state index contributed by atoms with van der Waals surface area (Å²) in [7, 11) is 0. The minimum absolute atomic E-state index is 0.000148. The SMILES string of the molecule is CCCCCC(C)N(C(=O)CC(C)(C)C)c1ncc(F)c(CC)n1. The first-order valence-corrected chi connectivity index (χ1v) is 9.03. The van der Waals surface area contributed by atoms with Crippen LogP contribution in [0.15, 0.2) is 6.20 Å². The van der Waals surface area contributed by atoms with Gasteiger partial charge in [-0.15, -0.1) is 0 Å². The number of nitrogens with zero attached hydrogens (tertiary/aromatic N) is 3. The third kappa shape index (κ3) is 6.17. The summed E-state index contributed by atoms with van der Waals surface area (Å²) in [5.74, 6) is -0.0882. The Morgan fingerprint density at radius 2 is 1.96 bits per heavy atom. The largest absolute Gasteiger partial charge is 0.278 e. The van der Waals surface area contributed by atoms with Gasteiger partial charge in [0.1, 0.15) is 0 Å². The molecular formula is C19H32FN3O. The molecule has 0 aliphatic rings. The van der Waals surface area contributed by atoms with Crippen molar-refractivity contribution in [1.29, 1.82) is 0 Å². The molecule has 24 heavy (non-hydrogen) atoms. The van der Waals surface area contributed by atoms with E-state index in [-0.39, 0.29) is 17.4 Å². The maximum Gasteiger partial charge on any atom is 0.232 e. The minimum atomic E-state index is -0.414. The van der Waals surface area contributed by atoms with Crippen LogP contribution in [0.2, 0.25) is 0 Å². The van der Waals surface area contributed by atoms with Crippen LogP contribution in [-0.4, -0.2) is 21.9 Å². The van der Waals surface area contributed by atoms with Crippen molar-refractivity contribution < 1.29 is 9.18 Å². The number of amides is 1. The Balaban J connectivity index is 3.10. The molecule has 0 spiro atoms. The molecule has 0 aromatic carbocycles. The molecule has 0 bridgehead atoms. The van der Waals surface area contributed by atoms with Gasteiger partial charge in [0.05, 0.1) is 11.9 Å². The van der Waals surface area contributed by atoms with E-state index in [9.17, 15) is 9.18 Å². The summed E-state index contributed by atoms with van der Waals surface area (Å²) < 4.78 is 13.7. The number of carbonyl (C=O) groups is 1. The molecular weight excluding hydrogens is 305 g/mol. The van der Waals surface area contributed by atoms with Crippen molar-refractivity contribution in [3.8, 4) is 0 Å². The van der Waals surface area contributed by atoms with E-state index in [1.165, 1.54) is 6.20 Å². The fourth-order valence-electron chi connectivity index (χ4n) is 2.67. The molecule has 1 atom stereocenters. The second kappa shape index (κ2) is 9.09. The molecule has 0 aliphatic heterocycles. The highest BCUT2D eigenvalue weighted by atomic mass is 19.1. The second-order valence-electron chi connectivity index (χ2n) is 7.66. The van der Waals surface area contributed by atoms with Gasteiger partial charge in [0.15, 0.2) is 5.82 Å². The van der Waals surface area contributed by atoms with Gasteiger partial charge in [-0.25, -0.2) is 14.4 Å². The second-order valence-corrected chi connectivity index (χ2v) is 7.66. The Morgan fingerprint density at radius 1 is 1.29 bits per heavy atom. The summed E-state index contributed by atoms with van der Waals surface area (Å²) in [4.78, 5) is 23.0. The number of hydrogen-bond acceptors (Lipinski definition) is 3. The molecule has 1 unspecified atom stereocenters. The van der Waals surface area contributed by atoms with Crippen molar-refractivity contribution in [1.82, 2.24) is 9.97 Å². The minimum Gasteiger partial charge on any atom is -0.278 e. The average Bonchev–Trinajstić information content (AvgIpc) is 2.47. The number of carbonyl (C=O) groups excluding carboxylic acids is 1. The van der Waals surface area contributed by atoms with E-state index >= 15 is 0 Å². The van der Waals surface area contributed by atoms with Crippen LogP contribution in [0.1, 0.15) is 79.3 Å². The molecule has 4 nitrogen and oxygen atoms in total. The van der Waals surface area contributed by atoms with Gasteiger partial charge in [0.2, 0.25) is 11.9 Å². The van der Waals surface area contributed by atoms with Gasteiger partial charge in [-0.1, -0.05) is 53.9 Å². The summed E-state index contributed by atoms with van der Waals surface area (Å²) in [6.45, 7) is 12.1. The van der Waals surface area contributed by atoms with Gasteiger partial charge in [0.25, 0.3) is 0 Å². The topological polar surface area (TPSA) is 46.1 Å². The van der Waals surface area contributed by atoms with Crippen molar-refractivity contribution in [3.05, 3.63) is 17.7 Å². The smallest absolute Gasteiger partial charge is 0.232 e. The molecule has 0 saturated carbocycles. The monoisotopic (exact) mass is 337 g/mol. The molecule has 0 N–H and O–H groups in total. The summed E-state index contributed by atoms with van der Waals surface area (Å²) in [6, 6.07) is 0.00145. The first-order valence-electron chi connectivity index (χ1n) is 9.03. The summed E-state index contributed by atoms with van der Waals surface area (Å²) in [5, 5.41) is 0. The first kappa shape index (κ1) is 20.5. The molecule has 1 heterocycles. The van der Waals surface area contributed by atoms with Crippen molar-refractivity contribution in [2.45, 2.75) is 86.1 Å². The van der Waals surface area contributed by atoms with Crippen LogP contribution in [0, 0.1) is 11.2 Å². The van der Waals surface area contributed by atoms with Gasteiger partial charge in [0, 0.05) is 12.5 Å². The van der Waals surface area contributed by atoms with Gasteiger partial charge in [-0.05, 0) is 25.2 Å². The number of unbranched alkanes of at least 4 members (excludes halogenated alkanes) is 2. The van der Waals surface area contributed by atoms with Crippen LogP contribution in [0.5, 0.6) is 0 Å². The number of halogens is 1. The Kier molecular flexibility index (Phi) is 7.77. The van der Waals surface area contributed by atoms with Crippen LogP contribution in [0.25, 0.3) is 0 Å². The van der Waals surface area contributed by atoms with E-state index in [0.717, 1.165) is 25.7 Å². The standard InChI is InChI=1S/C19H32FN3O/c1-7-9-10-11-14(3)23(17(24)12-19(4,5)6)18-21-13-15(20)16(8-2)22-18/h13-14H,7-12H2,1-6H3. The third-order valence-corrected chi connectivity index (χ3v) is 3.97. The van der Waals surface area contributed by atoms with Crippen LogP contribution < -0.4 is 4.90 Å². The van der Waals surface area contributed by atoms with Crippen LogP contribution in [0.4, 0.5) is 10.3 Å². The Hall–Kier alpha value is -1.52. The zero-order valence-electron chi connectivity index (χ0n) is 16.0. The van der Waals surface area contributed by atoms with E-state index in [2.05, 4.69) is 16.9 Å². The lowest BCUT2D eigenvalue weighted by atomic mass is 9.91. The fraction of sp³-hybridized carbons (Fsp3) is 0.737. The van der Waals surface area contributed by atoms with E-state index in [0.29, 0.717) is 24.5 Å². The van der Waals surface area contributed by atoms with Gasteiger partial charge < -0.3 is 0 Å². The number of aromatic nitrogens is 2. The third-order valence-electron chi connectivity index (χ3n) is 3.97. The maximum atomic E-state index is 13.7. The van der Waals surface area contributed by atoms with Gasteiger partial charge >= 0.3 is 0 Å². The quantitative estimate of drug-likeness (QED) is 0.633. The molecule has 0 fully saturated rings. The summed E-state index contributed by atoms with van der Waals surface area (Å²) >= 11 is 0. The van der Waals surface area contributed by atoms with E-state index in [1.807, 2.05) is 34.6 Å². The molecule has 136 valence electrons. The number of aryl methyl sites for hydroxylation is 1. The zero-order valence-corrected chi connectivity index (χ0v) is 16.0. The lowest BCUT2D eigenvalue weighted by molar-refractivity contribution is -0.120. The lowest BCUT2D eigenvalue weighted by Crippen LogP contribution is -2.41. The molecule has 0 radical (unpaired) electrons. The van der Waals surface area contributed by atoms with Crippen molar-refractivity contribution in [3.63, 3.8) is 0 Å². The Labute approximate surface area is 145 Å². The number of hydrogen-bond donors (Lipinski definition) is 0. The highest BCUT2D eigenvalue weighted by Crippen LogP contribution is 2.25. The molecule has 0 aliphatic carbocycles. The van der Waals surface area contributed by atoms with Crippen LogP contribution >= 0.6 is 0 Å². The van der Waals surface area contributed by atoms with Crippen molar-refractivity contribution in [2.75, 3.05) is 4.90 Å². The highest BCUT2D eigenvalue weighted by Gasteiger charge is 2.28. The molecule has 5 heteroatoms. The summed E-state index contributed by atoms with van der Waals surface area (Å²) in [5.41, 5.74) is 0.237. The van der Waals surface area contributed by atoms with Crippen molar-refractivity contribution in [2.24, 2.45) is 5.41 Å². The van der Waals surface area contributed by atoms with E-state index in [1.54, 1.807) is 4.90 Å². The average molecular weight is 337 g/mol. The van der Waals surface area contributed by atoms with Crippen molar-refractivity contribution >= 4 is 11.9 Å².